The Morgan fingerprint density at radius 1 is 1.21 bits per heavy atom. The van der Waals surface area contributed by atoms with Gasteiger partial charge in [-0.05, 0) is 70.3 Å². The van der Waals surface area contributed by atoms with Crippen LogP contribution in [0.1, 0.15) is 52.4 Å². The second kappa shape index (κ2) is 4.76. The SMILES string of the molecule is CC(C)(C(=O)O)C1CCCN(C2CC3CCC2C3)C1. The van der Waals surface area contributed by atoms with Gasteiger partial charge in [0.15, 0.2) is 0 Å². The first kappa shape index (κ1) is 13.4. The lowest BCUT2D eigenvalue weighted by atomic mass is 9.74. The third kappa shape index (κ3) is 2.31. The van der Waals surface area contributed by atoms with Crippen LogP contribution in [0.3, 0.4) is 0 Å². The van der Waals surface area contributed by atoms with Gasteiger partial charge >= 0.3 is 5.97 Å². The third-order valence-corrected chi connectivity index (χ3v) is 6.19. The van der Waals surface area contributed by atoms with Crippen LogP contribution in [-0.4, -0.2) is 35.1 Å². The van der Waals surface area contributed by atoms with E-state index < -0.39 is 11.4 Å². The van der Waals surface area contributed by atoms with Crippen LogP contribution < -0.4 is 0 Å². The number of carboxylic acids is 1. The van der Waals surface area contributed by atoms with Gasteiger partial charge in [-0.2, -0.15) is 0 Å². The summed E-state index contributed by atoms with van der Waals surface area (Å²) in [6.45, 7) is 6.02. The van der Waals surface area contributed by atoms with Gasteiger partial charge in [-0.1, -0.05) is 6.42 Å². The molecule has 0 amide bonds. The lowest BCUT2D eigenvalue weighted by Crippen LogP contribution is -2.49. The lowest BCUT2D eigenvalue weighted by Gasteiger charge is -2.44. The molecule has 0 radical (unpaired) electrons. The molecule has 4 unspecified atom stereocenters. The Labute approximate surface area is 116 Å². The van der Waals surface area contributed by atoms with Gasteiger partial charge in [0.1, 0.15) is 0 Å². The molecule has 3 rings (SSSR count). The lowest BCUT2D eigenvalue weighted by molar-refractivity contribution is -0.151. The molecule has 0 aromatic heterocycles. The van der Waals surface area contributed by atoms with E-state index in [1.165, 1.54) is 38.6 Å². The van der Waals surface area contributed by atoms with Crippen LogP contribution in [0.4, 0.5) is 0 Å². The average Bonchev–Trinajstić information content (AvgIpc) is 3.01. The van der Waals surface area contributed by atoms with Crippen molar-refractivity contribution in [3.05, 3.63) is 0 Å². The fourth-order valence-corrected chi connectivity index (χ4v) is 4.73. The number of aliphatic carboxylic acids is 1. The Kier molecular flexibility index (Phi) is 3.36. The summed E-state index contributed by atoms with van der Waals surface area (Å²) < 4.78 is 0. The molecule has 3 aliphatic rings. The molecule has 1 N–H and O–H groups in total. The predicted octanol–water partition coefficient (Wildman–Crippen LogP) is 3.00. The van der Waals surface area contributed by atoms with Gasteiger partial charge < -0.3 is 5.11 Å². The van der Waals surface area contributed by atoms with E-state index in [2.05, 4.69) is 4.90 Å². The number of nitrogens with zero attached hydrogens (tertiary/aromatic N) is 1. The molecule has 2 saturated carbocycles. The molecule has 3 fully saturated rings. The molecule has 4 atom stereocenters. The van der Waals surface area contributed by atoms with E-state index in [1.807, 2.05) is 13.8 Å². The second-order valence-electron chi connectivity index (χ2n) is 7.60. The Morgan fingerprint density at radius 2 is 2.00 bits per heavy atom. The van der Waals surface area contributed by atoms with Gasteiger partial charge in [0.25, 0.3) is 0 Å². The van der Waals surface area contributed by atoms with Crippen LogP contribution in [0.25, 0.3) is 0 Å². The normalized spacial score (nSPS) is 39.7. The maximum absolute atomic E-state index is 11.5. The van der Waals surface area contributed by atoms with Crippen molar-refractivity contribution in [3.8, 4) is 0 Å². The van der Waals surface area contributed by atoms with E-state index in [1.54, 1.807) is 0 Å². The zero-order valence-electron chi connectivity index (χ0n) is 12.3. The zero-order valence-corrected chi connectivity index (χ0v) is 12.3. The number of rotatable bonds is 3. The highest BCUT2D eigenvalue weighted by Gasteiger charge is 2.45. The van der Waals surface area contributed by atoms with Gasteiger partial charge in [-0.15, -0.1) is 0 Å². The number of piperidine rings is 1. The summed E-state index contributed by atoms with van der Waals surface area (Å²) in [5.41, 5.74) is -0.573. The van der Waals surface area contributed by atoms with E-state index in [0.29, 0.717) is 5.92 Å². The number of fused-ring (bicyclic) bond motifs is 2. The first-order valence-corrected chi connectivity index (χ1v) is 7.96. The highest BCUT2D eigenvalue weighted by atomic mass is 16.4. The average molecular weight is 265 g/mol. The van der Waals surface area contributed by atoms with Crippen molar-refractivity contribution in [1.82, 2.24) is 4.90 Å². The van der Waals surface area contributed by atoms with E-state index in [0.717, 1.165) is 30.8 Å². The maximum Gasteiger partial charge on any atom is 0.309 e. The van der Waals surface area contributed by atoms with Gasteiger partial charge in [0.05, 0.1) is 5.41 Å². The van der Waals surface area contributed by atoms with Crippen LogP contribution in [0, 0.1) is 23.2 Å². The van der Waals surface area contributed by atoms with E-state index in [4.69, 9.17) is 0 Å². The van der Waals surface area contributed by atoms with Crippen molar-refractivity contribution in [2.45, 2.75) is 58.4 Å². The molecule has 3 heteroatoms. The van der Waals surface area contributed by atoms with Crippen molar-refractivity contribution >= 4 is 5.97 Å². The number of hydrogen-bond donors (Lipinski definition) is 1. The summed E-state index contributed by atoms with van der Waals surface area (Å²) in [4.78, 5) is 14.1. The number of carbonyl (C=O) groups is 1. The monoisotopic (exact) mass is 265 g/mol. The topological polar surface area (TPSA) is 40.5 Å². The minimum atomic E-state index is -0.632. The fourth-order valence-electron chi connectivity index (χ4n) is 4.73. The summed E-state index contributed by atoms with van der Waals surface area (Å²) in [7, 11) is 0. The molecule has 19 heavy (non-hydrogen) atoms. The molecule has 0 spiro atoms. The largest absolute Gasteiger partial charge is 0.481 e. The van der Waals surface area contributed by atoms with Gasteiger partial charge in [-0.25, -0.2) is 0 Å². The Morgan fingerprint density at radius 3 is 2.58 bits per heavy atom. The molecular formula is C16H27NO2. The summed E-state index contributed by atoms with van der Waals surface area (Å²) in [5, 5.41) is 9.43. The van der Waals surface area contributed by atoms with Gasteiger partial charge in [0, 0.05) is 12.6 Å². The summed E-state index contributed by atoms with van der Waals surface area (Å²) >= 11 is 0. The van der Waals surface area contributed by atoms with E-state index in [-0.39, 0.29) is 0 Å². The van der Waals surface area contributed by atoms with Crippen molar-refractivity contribution in [3.63, 3.8) is 0 Å². The molecule has 108 valence electrons. The molecule has 0 aromatic carbocycles. The molecule has 3 nitrogen and oxygen atoms in total. The quantitative estimate of drug-likeness (QED) is 0.853. The van der Waals surface area contributed by atoms with Gasteiger partial charge in [-0.3, -0.25) is 9.69 Å². The highest BCUT2D eigenvalue weighted by Crippen LogP contribution is 2.48. The molecular weight excluding hydrogens is 238 g/mol. The Hall–Kier alpha value is -0.570. The fraction of sp³-hybridized carbons (Fsp3) is 0.938. The molecule has 0 aromatic rings. The van der Waals surface area contributed by atoms with Crippen LogP contribution in [0.5, 0.6) is 0 Å². The summed E-state index contributed by atoms with van der Waals surface area (Å²) in [6.07, 6.45) is 7.93. The van der Waals surface area contributed by atoms with Gasteiger partial charge in [0.2, 0.25) is 0 Å². The maximum atomic E-state index is 11.5. The molecule has 2 aliphatic carbocycles. The summed E-state index contributed by atoms with van der Waals surface area (Å²) in [5.74, 6) is 1.57. The number of likely N-dealkylation sites (tertiary alicyclic amines) is 1. The second-order valence-corrected chi connectivity index (χ2v) is 7.60. The number of carboxylic acid groups (broad SMARTS) is 1. The standard InChI is InChI=1S/C16H27NO2/c1-16(2,15(18)19)13-4-3-7-17(10-13)14-9-11-5-6-12(14)8-11/h11-14H,3-10H2,1-2H3,(H,18,19). The third-order valence-electron chi connectivity index (χ3n) is 6.19. The Balaban J connectivity index is 1.67. The summed E-state index contributed by atoms with van der Waals surface area (Å²) in [6, 6.07) is 0.770. The van der Waals surface area contributed by atoms with E-state index in [9.17, 15) is 9.90 Å². The van der Waals surface area contributed by atoms with Crippen molar-refractivity contribution in [2.75, 3.05) is 13.1 Å². The van der Waals surface area contributed by atoms with Crippen LogP contribution in [0.2, 0.25) is 0 Å². The van der Waals surface area contributed by atoms with Crippen LogP contribution in [-0.2, 0) is 4.79 Å². The zero-order chi connectivity index (χ0) is 13.6. The first-order chi connectivity index (χ1) is 8.98. The van der Waals surface area contributed by atoms with Crippen molar-refractivity contribution in [1.29, 1.82) is 0 Å². The highest BCUT2D eigenvalue weighted by molar-refractivity contribution is 5.74. The van der Waals surface area contributed by atoms with E-state index >= 15 is 0 Å². The molecule has 1 heterocycles. The molecule has 1 aliphatic heterocycles. The smallest absolute Gasteiger partial charge is 0.309 e. The predicted molar refractivity (Wildman–Crippen MR) is 74.9 cm³/mol. The number of hydrogen-bond acceptors (Lipinski definition) is 2. The minimum Gasteiger partial charge on any atom is -0.481 e. The van der Waals surface area contributed by atoms with Crippen LogP contribution in [0.15, 0.2) is 0 Å². The first-order valence-electron chi connectivity index (χ1n) is 7.96. The molecule has 1 saturated heterocycles. The molecule has 2 bridgehead atoms. The Bertz CT molecular complexity index is 366. The van der Waals surface area contributed by atoms with Crippen molar-refractivity contribution in [2.24, 2.45) is 23.2 Å². The minimum absolute atomic E-state index is 0.317. The van der Waals surface area contributed by atoms with Crippen molar-refractivity contribution < 1.29 is 9.90 Å². The van der Waals surface area contributed by atoms with Crippen LogP contribution >= 0.6 is 0 Å².